The van der Waals surface area contributed by atoms with Crippen LogP contribution in [0.15, 0.2) is 18.3 Å². The van der Waals surface area contributed by atoms with Crippen LogP contribution < -0.4 is 0 Å². The zero-order valence-electron chi connectivity index (χ0n) is 11.2. The predicted octanol–water partition coefficient (Wildman–Crippen LogP) is 1.53. The van der Waals surface area contributed by atoms with Gasteiger partial charge in [0.1, 0.15) is 12.2 Å². The van der Waals surface area contributed by atoms with Gasteiger partial charge in [0.05, 0.1) is 6.61 Å². The number of pyridine rings is 1. The third-order valence-corrected chi connectivity index (χ3v) is 3.35. The largest absolute Gasteiger partial charge is 0.386 e. The number of morpholine rings is 1. The van der Waals surface area contributed by atoms with E-state index in [2.05, 4.69) is 16.8 Å². The van der Waals surface area contributed by atoms with E-state index in [0.29, 0.717) is 6.61 Å². The van der Waals surface area contributed by atoms with Gasteiger partial charge in [-0.25, -0.2) is 0 Å². The van der Waals surface area contributed by atoms with Crippen molar-refractivity contribution in [2.75, 3.05) is 26.2 Å². The van der Waals surface area contributed by atoms with Gasteiger partial charge in [0.25, 0.3) is 0 Å². The third-order valence-electron chi connectivity index (χ3n) is 3.35. The van der Waals surface area contributed by atoms with Crippen molar-refractivity contribution >= 4 is 0 Å². The molecule has 0 aromatic carbocycles. The molecule has 18 heavy (non-hydrogen) atoms. The Morgan fingerprint density at radius 3 is 3.06 bits per heavy atom. The van der Waals surface area contributed by atoms with Gasteiger partial charge < -0.3 is 9.84 Å². The second-order valence-electron chi connectivity index (χ2n) is 4.89. The monoisotopic (exact) mass is 250 g/mol. The van der Waals surface area contributed by atoms with Crippen LogP contribution in [0.1, 0.15) is 30.7 Å². The van der Waals surface area contributed by atoms with Crippen molar-refractivity contribution in [2.45, 2.75) is 32.5 Å². The quantitative estimate of drug-likeness (QED) is 0.880. The lowest BCUT2D eigenvalue weighted by Gasteiger charge is -2.35. The molecule has 0 amide bonds. The van der Waals surface area contributed by atoms with Crippen LogP contribution in [0.25, 0.3) is 0 Å². The summed E-state index contributed by atoms with van der Waals surface area (Å²) in [6.45, 7) is 7.63. The Morgan fingerprint density at radius 1 is 1.56 bits per heavy atom. The molecule has 2 heterocycles. The Bertz CT molecular complexity index is 365. The molecule has 0 bridgehead atoms. The molecule has 2 atom stereocenters. The van der Waals surface area contributed by atoms with E-state index >= 15 is 0 Å². The van der Waals surface area contributed by atoms with E-state index in [4.69, 9.17) is 4.74 Å². The highest BCUT2D eigenvalue weighted by Crippen LogP contribution is 2.22. The van der Waals surface area contributed by atoms with Crippen LogP contribution in [-0.4, -0.2) is 47.3 Å². The Balaban J connectivity index is 1.99. The molecule has 0 spiro atoms. The van der Waals surface area contributed by atoms with Crippen LogP contribution in [0.5, 0.6) is 0 Å². The first kappa shape index (κ1) is 13.5. The molecule has 2 unspecified atom stereocenters. The minimum absolute atomic E-state index is 0.144. The lowest BCUT2D eigenvalue weighted by atomic mass is 10.0. The Kier molecular flexibility index (Phi) is 4.69. The molecule has 1 aromatic heterocycles. The smallest absolute Gasteiger partial charge is 0.108 e. The summed E-state index contributed by atoms with van der Waals surface area (Å²) in [5, 5.41) is 10.3. The second-order valence-corrected chi connectivity index (χ2v) is 4.89. The minimum atomic E-state index is -0.585. The topological polar surface area (TPSA) is 45.6 Å². The van der Waals surface area contributed by atoms with Gasteiger partial charge >= 0.3 is 0 Å². The number of aliphatic hydroxyl groups is 1. The van der Waals surface area contributed by atoms with Crippen molar-refractivity contribution in [2.24, 2.45) is 0 Å². The molecule has 1 saturated heterocycles. The van der Waals surface area contributed by atoms with Crippen LogP contribution in [0.2, 0.25) is 0 Å². The summed E-state index contributed by atoms with van der Waals surface area (Å²) < 4.78 is 5.68. The van der Waals surface area contributed by atoms with Crippen LogP contribution in [0.3, 0.4) is 0 Å². The van der Waals surface area contributed by atoms with Crippen molar-refractivity contribution in [3.63, 3.8) is 0 Å². The van der Waals surface area contributed by atoms with E-state index in [1.54, 1.807) is 6.20 Å². The van der Waals surface area contributed by atoms with E-state index in [9.17, 15) is 5.11 Å². The van der Waals surface area contributed by atoms with Crippen molar-refractivity contribution < 1.29 is 9.84 Å². The first-order valence-corrected chi connectivity index (χ1v) is 6.65. The predicted molar refractivity (Wildman–Crippen MR) is 70.4 cm³/mol. The Labute approximate surface area is 109 Å². The number of rotatable bonds is 4. The number of hydrogen-bond acceptors (Lipinski definition) is 4. The summed E-state index contributed by atoms with van der Waals surface area (Å²) in [6.07, 6.45) is 2.14. The highest BCUT2D eigenvalue weighted by molar-refractivity contribution is 5.17. The summed E-state index contributed by atoms with van der Waals surface area (Å²) in [5.74, 6) is 0. The van der Waals surface area contributed by atoms with Gasteiger partial charge in [-0.3, -0.25) is 9.88 Å². The molecule has 2 rings (SSSR count). The standard InChI is InChI=1S/C14H22N2O2/c1-3-6-16-7-8-18-13(10-16)14(17)12-5-4-11(2)15-9-12/h4-5,9,13-14,17H,3,6-8,10H2,1-2H3. The zero-order valence-corrected chi connectivity index (χ0v) is 11.2. The number of nitrogens with zero attached hydrogens (tertiary/aromatic N) is 2. The maximum atomic E-state index is 10.3. The molecule has 0 radical (unpaired) electrons. The first-order valence-electron chi connectivity index (χ1n) is 6.65. The third kappa shape index (κ3) is 3.28. The van der Waals surface area contributed by atoms with Crippen LogP contribution in [-0.2, 0) is 4.74 Å². The van der Waals surface area contributed by atoms with Crippen LogP contribution in [0.4, 0.5) is 0 Å². The van der Waals surface area contributed by atoms with Crippen molar-refractivity contribution in [3.05, 3.63) is 29.6 Å². The number of aromatic nitrogens is 1. The van der Waals surface area contributed by atoms with Gasteiger partial charge in [0, 0.05) is 30.5 Å². The first-order chi connectivity index (χ1) is 8.70. The van der Waals surface area contributed by atoms with E-state index < -0.39 is 6.10 Å². The van der Waals surface area contributed by atoms with Crippen molar-refractivity contribution in [1.82, 2.24) is 9.88 Å². The fraction of sp³-hybridized carbons (Fsp3) is 0.643. The molecule has 1 fully saturated rings. The average Bonchev–Trinajstić information content (AvgIpc) is 2.39. The summed E-state index contributed by atoms with van der Waals surface area (Å²) in [7, 11) is 0. The van der Waals surface area contributed by atoms with Crippen LogP contribution in [0, 0.1) is 6.92 Å². The normalized spacial score (nSPS) is 22.9. The highest BCUT2D eigenvalue weighted by Gasteiger charge is 2.27. The van der Waals surface area contributed by atoms with E-state index in [-0.39, 0.29) is 6.10 Å². The van der Waals surface area contributed by atoms with E-state index in [1.807, 2.05) is 19.1 Å². The Morgan fingerprint density at radius 2 is 2.39 bits per heavy atom. The molecule has 0 aliphatic carbocycles. The fourth-order valence-corrected chi connectivity index (χ4v) is 2.31. The average molecular weight is 250 g/mol. The molecule has 4 nitrogen and oxygen atoms in total. The summed E-state index contributed by atoms with van der Waals surface area (Å²) >= 11 is 0. The molecule has 1 aromatic rings. The lowest BCUT2D eigenvalue weighted by molar-refractivity contribution is -0.0899. The summed E-state index contributed by atoms with van der Waals surface area (Å²) in [6, 6.07) is 3.85. The van der Waals surface area contributed by atoms with Gasteiger partial charge in [-0.2, -0.15) is 0 Å². The van der Waals surface area contributed by atoms with Gasteiger partial charge in [0.2, 0.25) is 0 Å². The SMILES string of the molecule is CCCN1CCOC(C(O)c2ccc(C)nc2)C1. The number of hydrogen-bond donors (Lipinski definition) is 1. The maximum Gasteiger partial charge on any atom is 0.108 e. The molecule has 1 N–H and O–H groups in total. The van der Waals surface area contributed by atoms with Gasteiger partial charge in [-0.1, -0.05) is 13.0 Å². The minimum Gasteiger partial charge on any atom is -0.386 e. The van der Waals surface area contributed by atoms with Gasteiger partial charge in [-0.05, 0) is 26.0 Å². The summed E-state index contributed by atoms with van der Waals surface area (Å²) in [5.41, 5.74) is 1.80. The van der Waals surface area contributed by atoms with Crippen molar-refractivity contribution in [3.8, 4) is 0 Å². The molecule has 1 aliphatic rings. The van der Waals surface area contributed by atoms with Gasteiger partial charge in [-0.15, -0.1) is 0 Å². The maximum absolute atomic E-state index is 10.3. The molecule has 1 aliphatic heterocycles. The fourth-order valence-electron chi connectivity index (χ4n) is 2.31. The van der Waals surface area contributed by atoms with Crippen LogP contribution >= 0.6 is 0 Å². The van der Waals surface area contributed by atoms with Crippen molar-refractivity contribution in [1.29, 1.82) is 0 Å². The zero-order chi connectivity index (χ0) is 13.0. The molecular weight excluding hydrogens is 228 g/mol. The van der Waals surface area contributed by atoms with E-state index in [1.165, 1.54) is 0 Å². The molecule has 100 valence electrons. The number of aliphatic hydroxyl groups excluding tert-OH is 1. The Hall–Kier alpha value is -0.970. The number of ether oxygens (including phenoxy) is 1. The molecule has 4 heteroatoms. The van der Waals surface area contributed by atoms with Gasteiger partial charge in [0.15, 0.2) is 0 Å². The summed E-state index contributed by atoms with van der Waals surface area (Å²) in [4.78, 5) is 6.57. The lowest BCUT2D eigenvalue weighted by Crippen LogP contribution is -2.45. The molecular formula is C14H22N2O2. The van der Waals surface area contributed by atoms with E-state index in [0.717, 1.165) is 37.3 Å². The highest BCUT2D eigenvalue weighted by atomic mass is 16.5. The molecule has 0 saturated carbocycles. The number of aryl methyl sites for hydroxylation is 1. The second kappa shape index (κ2) is 6.27.